The Bertz CT molecular complexity index is 4330. The average Bonchev–Trinajstić information content (AvgIpc) is 1.60. The minimum absolute atomic E-state index is 0.291. The summed E-state index contributed by atoms with van der Waals surface area (Å²) in [6.07, 6.45) is 42.8. The lowest BCUT2D eigenvalue weighted by Gasteiger charge is -2.08. The van der Waals surface area contributed by atoms with Crippen molar-refractivity contribution in [2.75, 3.05) is 26.4 Å². The maximum absolute atomic E-state index is 13.1. The number of hydrogen-bond donors (Lipinski definition) is 1. The Morgan fingerprint density at radius 1 is 0.297 bits per heavy atom. The molecule has 11 rings (SSSR count). The molecule has 628 valence electrons. The zero-order valence-electron chi connectivity index (χ0n) is 71.9. The van der Waals surface area contributed by atoms with Gasteiger partial charge in [-0.2, -0.15) is 5.26 Å². The summed E-state index contributed by atoms with van der Waals surface area (Å²) in [7, 11) is 0. The van der Waals surface area contributed by atoms with E-state index in [1.807, 2.05) is 68.0 Å². The van der Waals surface area contributed by atoms with Crippen LogP contribution in [0, 0.1) is 11.3 Å². The van der Waals surface area contributed by atoms with E-state index >= 15 is 0 Å². The maximum Gasteiger partial charge on any atom is 0.346 e. The zero-order chi connectivity index (χ0) is 82.6. The standard InChI is InChI=1S/C104H129NO6S7/c1-9-17-25-33-41-78-66-91(113-97(78)74-45-53-83(54-46-74)108-61-37-29-21-13-5)89-71-93(115-102(89)94-68-80(43-35-27-19-11-3)99(116-94)76-49-57-85(58-50-76)110-63-39-31-23-15-7)88-70-87(65-82(73-105)104(106)107)112-101(88)96-72-90(92-67-79(42-34-26-18-10-2)98(114-92)75-47-55-84(56-48-75)109-62-38-30-22-14-6)103(118-96)95-69-81(44-36-28-20-12-4)100(117-95)77-51-59-86(60-52-77)111-64-40-32-24-16-8/h45-60,65-72H,9-44,61-64H2,1-8H3,(H,106,107)/b82-65+. The third-order valence-corrected chi connectivity index (χ3v) is 31.2. The van der Waals surface area contributed by atoms with Crippen molar-refractivity contribution in [3.05, 3.63) is 172 Å². The first-order chi connectivity index (χ1) is 58.0. The number of benzene rings is 4. The van der Waals surface area contributed by atoms with Crippen LogP contribution in [-0.4, -0.2) is 37.5 Å². The summed E-state index contributed by atoms with van der Waals surface area (Å²) in [5.74, 6) is 2.42. The summed E-state index contributed by atoms with van der Waals surface area (Å²) in [5.41, 5.74) is 13.5. The molecule has 0 spiro atoms. The van der Waals surface area contributed by atoms with Crippen molar-refractivity contribution in [3.63, 3.8) is 0 Å². The van der Waals surface area contributed by atoms with Crippen LogP contribution in [-0.2, 0) is 30.5 Å². The SMILES string of the molecule is CCCCCCOc1ccc(-c2sc(-c3cc(-c4cc(/C=C(\C#N)C(=O)O)sc4-c4cc(-c5cc(CCCCCC)c(-c6ccc(OCCCCCC)cc6)s5)c(-c5cc(CCCCCC)c(-c6ccc(OCCCCCC)cc6)s5)s4)sc3-c3cc(CCCCCC)c(-c4ccc(OCCCCCC)cc4)s3)cc2CCCCCC)cc1. The zero-order valence-corrected chi connectivity index (χ0v) is 77.6. The smallest absolute Gasteiger partial charge is 0.346 e. The first kappa shape index (κ1) is 91.4. The van der Waals surface area contributed by atoms with Crippen LogP contribution in [0.2, 0.25) is 0 Å². The Morgan fingerprint density at radius 3 is 0.831 bits per heavy atom. The van der Waals surface area contributed by atoms with Crippen LogP contribution in [0.3, 0.4) is 0 Å². The van der Waals surface area contributed by atoms with E-state index in [0.29, 0.717) is 0 Å². The number of carboxylic acid groups (broad SMARTS) is 1. The molecule has 14 heteroatoms. The number of nitriles is 1. The number of carbonyl (C=O) groups is 1. The molecule has 7 aromatic heterocycles. The quantitative estimate of drug-likeness (QED) is 0.0230. The molecule has 0 radical (unpaired) electrons. The van der Waals surface area contributed by atoms with Crippen LogP contribution in [0.5, 0.6) is 23.0 Å². The number of rotatable bonds is 56. The van der Waals surface area contributed by atoms with Crippen molar-refractivity contribution in [2.45, 2.75) is 287 Å². The fourth-order valence-corrected chi connectivity index (χ4v) is 24.4. The number of ether oxygens (including phenoxy) is 4. The van der Waals surface area contributed by atoms with Gasteiger partial charge in [-0.3, -0.25) is 0 Å². The van der Waals surface area contributed by atoms with E-state index in [4.69, 9.17) is 18.9 Å². The Balaban J connectivity index is 1.12. The van der Waals surface area contributed by atoms with Gasteiger partial charge in [0.15, 0.2) is 0 Å². The largest absolute Gasteiger partial charge is 0.494 e. The first-order valence-electron chi connectivity index (χ1n) is 45.2. The van der Waals surface area contributed by atoms with Gasteiger partial charge in [0, 0.05) is 70.3 Å². The molecule has 0 amide bonds. The molecule has 0 fully saturated rings. The highest BCUT2D eigenvalue weighted by Crippen LogP contribution is 2.57. The van der Waals surface area contributed by atoms with Crippen molar-refractivity contribution in [2.24, 2.45) is 0 Å². The van der Waals surface area contributed by atoms with Gasteiger partial charge in [0.1, 0.15) is 34.6 Å². The number of aryl methyl sites for hydroxylation is 4. The van der Waals surface area contributed by atoms with Gasteiger partial charge in [-0.25, -0.2) is 4.79 Å². The summed E-state index contributed by atoms with van der Waals surface area (Å²) < 4.78 is 25.5. The van der Waals surface area contributed by atoms with Gasteiger partial charge >= 0.3 is 5.97 Å². The number of nitrogens with zero attached hydrogens (tertiary/aromatic N) is 1. The van der Waals surface area contributed by atoms with Gasteiger partial charge in [-0.15, -0.1) is 79.4 Å². The summed E-state index contributed by atoms with van der Waals surface area (Å²) in [6, 6.07) is 54.8. The molecule has 0 saturated heterocycles. The van der Waals surface area contributed by atoms with Crippen molar-refractivity contribution in [1.29, 1.82) is 5.26 Å². The molecule has 0 bridgehead atoms. The molecule has 118 heavy (non-hydrogen) atoms. The van der Waals surface area contributed by atoms with Gasteiger partial charge < -0.3 is 24.1 Å². The summed E-state index contributed by atoms with van der Waals surface area (Å²) in [6.45, 7) is 21.1. The predicted octanol–water partition coefficient (Wildman–Crippen LogP) is 35.1. The molecule has 4 aromatic carbocycles. The van der Waals surface area contributed by atoms with Crippen LogP contribution in [0.1, 0.15) is 288 Å². The van der Waals surface area contributed by atoms with Gasteiger partial charge in [0.2, 0.25) is 0 Å². The summed E-state index contributed by atoms with van der Waals surface area (Å²) >= 11 is 12.9. The fourth-order valence-electron chi connectivity index (χ4n) is 15.5. The van der Waals surface area contributed by atoms with E-state index in [-0.39, 0.29) is 5.57 Å². The Kier molecular flexibility index (Phi) is 38.4. The molecule has 0 unspecified atom stereocenters. The van der Waals surface area contributed by atoms with E-state index in [9.17, 15) is 15.2 Å². The number of carboxylic acids is 1. The Hall–Kier alpha value is -7.32. The maximum atomic E-state index is 13.1. The molecule has 1 N–H and O–H groups in total. The molecule has 0 saturated carbocycles. The molecular formula is C104H129NO6S7. The van der Waals surface area contributed by atoms with Gasteiger partial charge in [0.25, 0.3) is 0 Å². The second-order valence-corrected chi connectivity index (χ2v) is 39.3. The van der Waals surface area contributed by atoms with Crippen molar-refractivity contribution < 1.29 is 28.8 Å². The van der Waals surface area contributed by atoms with E-state index in [2.05, 4.69) is 201 Å². The highest BCUT2D eigenvalue weighted by Gasteiger charge is 2.29. The lowest BCUT2D eigenvalue weighted by Crippen LogP contribution is -1.97. The van der Waals surface area contributed by atoms with Crippen LogP contribution in [0.15, 0.2) is 145 Å². The number of unbranched alkanes of at least 4 members (excludes halogenated alkanes) is 24. The average molecular weight is 1710 g/mol. The van der Waals surface area contributed by atoms with E-state index in [1.54, 1.807) is 17.4 Å². The van der Waals surface area contributed by atoms with Crippen molar-refractivity contribution in [3.8, 4) is 131 Å². The lowest BCUT2D eigenvalue weighted by atomic mass is 10.0. The predicted molar refractivity (Wildman–Crippen MR) is 517 cm³/mol. The second-order valence-electron chi connectivity index (χ2n) is 31.9. The summed E-state index contributed by atoms with van der Waals surface area (Å²) in [4.78, 5) is 29.7. The lowest BCUT2D eigenvalue weighted by molar-refractivity contribution is -0.132. The number of hydrogen-bond acceptors (Lipinski definition) is 13. The molecule has 0 aliphatic heterocycles. The Labute approximate surface area is 736 Å². The van der Waals surface area contributed by atoms with Gasteiger partial charge in [-0.1, -0.05) is 209 Å². The van der Waals surface area contributed by atoms with Crippen LogP contribution < -0.4 is 18.9 Å². The summed E-state index contributed by atoms with van der Waals surface area (Å²) in [5, 5.41) is 21.3. The molecular weight excluding hydrogens is 1580 g/mol. The minimum atomic E-state index is -1.24. The number of aliphatic carboxylic acids is 1. The van der Waals surface area contributed by atoms with Crippen molar-refractivity contribution in [1.82, 2.24) is 0 Å². The monoisotopic (exact) mass is 1710 g/mol. The van der Waals surface area contributed by atoms with Crippen LogP contribution >= 0.6 is 79.4 Å². The highest BCUT2D eigenvalue weighted by atomic mass is 32.1. The molecule has 0 atom stereocenters. The highest BCUT2D eigenvalue weighted by molar-refractivity contribution is 7.30. The Morgan fingerprint density at radius 2 is 0.534 bits per heavy atom. The van der Waals surface area contributed by atoms with E-state index in [1.165, 1.54) is 259 Å². The van der Waals surface area contributed by atoms with Gasteiger partial charge in [0.05, 0.1) is 41.1 Å². The second kappa shape index (κ2) is 49.6. The first-order valence-corrected chi connectivity index (χ1v) is 50.9. The normalized spacial score (nSPS) is 11.7. The fraction of sp³-hybridized carbons (Fsp3) is 0.462. The molecule has 7 heterocycles. The third-order valence-electron chi connectivity index (χ3n) is 22.3. The van der Waals surface area contributed by atoms with Crippen LogP contribution in [0.25, 0.3) is 108 Å². The third kappa shape index (κ3) is 26.4. The molecule has 7 nitrogen and oxygen atoms in total. The van der Waals surface area contributed by atoms with E-state index in [0.717, 1.165) is 152 Å². The topological polar surface area (TPSA) is 98.0 Å². The van der Waals surface area contributed by atoms with Gasteiger partial charge in [-0.05, 0) is 267 Å². The molecule has 0 aliphatic carbocycles. The molecule has 0 aliphatic rings. The number of thiophene rings is 7. The minimum Gasteiger partial charge on any atom is -0.494 e. The molecule has 11 aromatic rings. The van der Waals surface area contributed by atoms with Crippen LogP contribution in [0.4, 0.5) is 0 Å². The van der Waals surface area contributed by atoms with E-state index < -0.39 is 5.97 Å². The van der Waals surface area contributed by atoms with Crippen molar-refractivity contribution >= 4 is 91.4 Å².